The monoisotopic (exact) mass is 553 g/mol. The fourth-order valence-corrected chi connectivity index (χ4v) is 4.16. The Kier molecular flexibility index (Phi) is 7.92. The lowest BCUT2D eigenvalue weighted by molar-refractivity contribution is -0.137. The van der Waals surface area contributed by atoms with E-state index < -0.39 is 59.0 Å². The number of carbonyl (C=O) groups is 3. The highest BCUT2D eigenvalue weighted by Crippen LogP contribution is 2.40. The van der Waals surface area contributed by atoms with Crippen molar-refractivity contribution >= 4 is 46.7 Å². The van der Waals surface area contributed by atoms with Gasteiger partial charge in [0.1, 0.15) is 11.4 Å². The van der Waals surface area contributed by atoms with E-state index in [2.05, 4.69) is 14.2 Å². The van der Waals surface area contributed by atoms with E-state index in [4.69, 9.17) is 17.5 Å². The predicted octanol–water partition coefficient (Wildman–Crippen LogP) is 4.92. The lowest BCUT2D eigenvalue weighted by Gasteiger charge is -2.29. The van der Waals surface area contributed by atoms with Gasteiger partial charge in [0.05, 0.1) is 35.1 Å². The SMILES string of the molecule is CCOC(=O)OCOC(=O)c1ccc(N2C(=S)N(c3ccc(C#N)c(C(F)(F)F)c3)C(=O)C2(C)C)cc1F. The second-order valence-corrected chi connectivity index (χ2v) is 8.56. The summed E-state index contributed by atoms with van der Waals surface area (Å²) in [5.41, 5.74) is -4.07. The molecule has 38 heavy (non-hydrogen) atoms. The van der Waals surface area contributed by atoms with Crippen LogP contribution < -0.4 is 9.80 Å². The number of carbonyl (C=O) groups excluding carboxylic acids is 3. The van der Waals surface area contributed by atoms with Gasteiger partial charge in [-0.1, -0.05) is 0 Å². The van der Waals surface area contributed by atoms with Crippen molar-refractivity contribution in [1.82, 2.24) is 0 Å². The van der Waals surface area contributed by atoms with Crippen LogP contribution in [-0.4, -0.2) is 42.1 Å². The molecule has 0 N–H and O–H groups in total. The van der Waals surface area contributed by atoms with E-state index in [1.165, 1.54) is 37.8 Å². The lowest BCUT2D eigenvalue weighted by Crippen LogP contribution is -2.44. The molecule has 0 radical (unpaired) electrons. The number of rotatable bonds is 6. The van der Waals surface area contributed by atoms with Crippen molar-refractivity contribution in [2.75, 3.05) is 23.2 Å². The smallest absolute Gasteiger partial charge is 0.435 e. The number of hydrogen-bond donors (Lipinski definition) is 0. The third-order valence-electron chi connectivity index (χ3n) is 5.42. The van der Waals surface area contributed by atoms with Gasteiger partial charge in [0.15, 0.2) is 5.11 Å². The van der Waals surface area contributed by atoms with Crippen LogP contribution in [0.3, 0.4) is 0 Å². The van der Waals surface area contributed by atoms with E-state index in [0.29, 0.717) is 6.07 Å². The minimum absolute atomic E-state index is 0.0253. The maximum absolute atomic E-state index is 14.9. The second kappa shape index (κ2) is 10.6. The van der Waals surface area contributed by atoms with Crippen molar-refractivity contribution in [3.8, 4) is 6.07 Å². The van der Waals surface area contributed by atoms with Gasteiger partial charge in [-0.15, -0.1) is 0 Å². The molecule has 0 aromatic heterocycles. The largest absolute Gasteiger partial charge is 0.511 e. The molecule has 1 heterocycles. The number of benzene rings is 2. The Hall–Kier alpha value is -4.25. The van der Waals surface area contributed by atoms with E-state index in [-0.39, 0.29) is 23.1 Å². The Morgan fingerprint density at radius 3 is 2.32 bits per heavy atom. The molecular weight excluding hydrogens is 534 g/mol. The zero-order valence-corrected chi connectivity index (χ0v) is 20.9. The van der Waals surface area contributed by atoms with Gasteiger partial charge in [0, 0.05) is 5.69 Å². The summed E-state index contributed by atoms with van der Waals surface area (Å²) >= 11 is 5.39. The molecule has 0 atom stereocenters. The van der Waals surface area contributed by atoms with Crippen LogP contribution in [-0.2, 0) is 25.2 Å². The van der Waals surface area contributed by atoms with Crippen LogP contribution in [0.5, 0.6) is 0 Å². The normalized spacial score (nSPS) is 14.8. The molecule has 0 unspecified atom stereocenters. The molecule has 1 fully saturated rings. The average Bonchev–Trinajstić information content (AvgIpc) is 3.01. The summed E-state index contributed by atoms with van der Waals surface area (Å²) in [4.78, 5) is 38.6. The molecule has 1 aliphatic heterocycles. The Bertz CT molecular complexity index is 1360. The van der Waals surface area contributed by atoms with Crippen molar-refractivity contribution < 1.29 is 46.2 Å². The van der Waals surface area contributed by atoms with Crippen LogP contribution in [0.4, 0.5) is 33.7 Å². The Labute approximate surface area is 219 Å². The molecule has 2 aromatic carbocycles. The number of nitriles is 1. The highest BCUT2D eigenvalue weighted by atomic mass is 32.1. The fraction of sp³-hybridized carbons (Fsp3) is 0.292. The third-order valence-corrected chi connectivity index (χ3v) is 5.78. The Balaban J connectivity index is 1.90. The number of esters is 1. The molecule has 14 heteroatoms. The number of nitrogens with zero attached hydrogens (tertiary/aromatic N) is 3. The number of halogens is 4. The van der Waals surface area contributed by atoms with Gasteiger partial charge in [-0.3, -0.25) is 9.69 Å². The number of ether oxygens (including phenoxy) is 3. The van der Waals surface area contributed by atoms with E-state index >= 15 is 0 Å². The van der Waals surface area contributed by atoms with Crippen molar-refractivity contribution in [3.63, 3.8) is 0 Å². The van der Waals surface area contributed by atoms with Crippen molar-refractivity contribution in [2.45, 2.75) is 32.5 Å². The Morgan fingerprint density at radius 1 is 1.08 bits per heavy atom. The van der Waals surface area contributed by atoms with Gasteiger partial charge >= 0.3 is 18.3 Å². The number of hydrogen-bond acceptors (Lipinski definition) is 8. The summed E-state index contributed by atoms with van der Waals surface area (Å²) < 4.78 is 69.0. The van der Waals surface area contributed by atoms with Crippen molar-refractivity contribution in [2.24, 2.45) is 0 Å². The molecule has 0 spiro atoms. The van der Waals surface area contributed by atoms with Crippen LogP contribution >= 0.6 is 12.2 Å². The number of alkyl halides is 3. The summed E-state index contributed by atoms with van der Waals surface area (Å²) in [6, 6.07) is 7.38. The molecule has 1 saturated heterocycles. The summed E-state index contributed by atoms with van der Waals surface area (Å²) in [7, 11) is 0. The number of amides is 1. The molecule has 1 amide bonds. The molecular formula is C24H19F4N3O6S. The lowest BCUT2D eigenvalue weighted by atomic mass is 10.0. The highest BCUT2D eigenvalue weighted by molar-refractivity contribution is 7.81. The maximum atomic E-state index is 14.9. The molecule has 0 bridgehead atoms. The van der Waals surface area contributed by atoms with Crippen LogP contribution in [0.25, 0.3) is 0 Å². The summed E-state index contributed by atoms with van der Waals surface area (Å²) in [6.07, 6.45) is -5.95. The summed E-state index contributed by atoms with van der Waals surface area (Å²) in [5, 5.41) is 8.78. The molecule has 2 aromatic rings. The first-order chi connectivity index (χ1) is 17.7. The molecule has 3 rings (SSSR count). The van der Waals surface area contributed by atoms with Gasteiger partial charge < -0.3 is 19.1 Å². The summed E-state index contributed by atoms with van der Waals surface area (Å²) in [5.74, 6) is -2.93. The maximum Gasteiger partial charge on any atom is 0.511 e. The topological polar surface area (TPSA) is 109 Å². The molecule has 9 nitrogen and oxygen atoms in total. The highest BCUT2D eigenvalue weighted by Gasteiger charge is 2.51. The quantitative estimate of drug-likeness (QED) is 0.213. The van der Waals surface area contributed by atoms with Crippen LogP contribution in [0.1, 0.15) is 42.3 Å². The van der Waals surface area contributed by atoms with E-state index in [1.54, 1.807) is 0 Å². The van der Waals surface area contributed by atoms with Gasteiger partial charge in [-0.2, -0.15) is 18.4 Å². The minimum atomic E-state index is -4.87. The van der Waals surface area contributed by atoms with Crippen LogP contribution in [0.15, 0.2) is 36.4 Å². The summed E-state index contributed by atoms with van der Waals surface area (Å²) in [6.45, 7) is 3.61. The van der Waals surface area contributed by atoms with Crippen molar-refractivity contribution in [3.05, 3.63) is 58.9 Å². The first-order valence-corrected chi connectivity index (χ1v) is 11.2. The van der Waals surface area contributed by atoms with Gasteiger partial charge in [0.2, 0.25) is 6.79 Å². The number of thiocarbonyl (C=S) groups is 1. The third kappa shape index (κ3) is 5.37. The fourth-order valence-electron chi connectivity index (χ4n) is 3.64. The van der Waals surface area contributed by atoms with E-state index in [9.17, 15) is 31.9 Å². The molecule has 1 aliphatic rings. The Morgan fingerprint density at radius 2 is 1.74 bits per heavy atom. The molecule has 200 valence electrons. The zero-order valence-electron chi connectivity index (χ0n) is 20.1. The number of anilines is 2. The predicted molar refractivity (Wildman–Crippen MR) is 128 cm³/mol. The molecule has 0 saturated carbocycles. The van der Waals surface area contributed by atoms with Gasteiger partial charge in [-0.25, -0.2) is 14.0 Å². The first-order valence-electron chi connectivity index (χ1n) is 10.8. The van der Waals surface area contributed by atoms with E-state index in [1.807, 2.05) is 0 Å². The van der Waals surface area contributed by atoms with Crippen molar-refractivity contribution in [1.29, 1.82) is 5.26 Å². The standard InChI is InChI=1S/C24H19F4N3O6S/c1-4-35-22(34)37-12-36-19(32)16-8-7-15(10-18(16)25)31-21(38)30(20(33)23(31,2)3)14-6-5-13(11-29)17(9-14)24(26,27)28/h5-10H,4,12H2,1-3H3. The van der Waals surface area contributed by atoms with Crippen LogP contribution in [0.2, 0.25) is 0 Å². The average molecular weight is 553 g/mol. The van der Waals surface area contributed by atoms with Crippen LogP contribution in [0, 0.1) is 17.1 Å². The van der Waals surface area contributed by atoms with Gasteiger partial charge in [0.25, 0.3) is 5.91 Å². The minimum Gasteiger partial charge on any atom is -0.435 e. The zero-order chi connectivity index (χ0) is 28.4. The second-order valence-electron chi connectivity index (χ2n) is 8.20. The molecule has 0 aliphatic carbocycles. The van der Waals surface area contributed by atoms with E-state index in [0.717, 1.165) is 29.2 Å². The first kappa shape index (κ1) is 28.3. The van der Waals surface area contributed by atoms with Gasteiger partial charge in [-0.05, 0) is 69.4 Å².